The maximum absolute atomic E-state index is 8.13. The average molecular weight is 230 g/mol. The molecule has 0 aliphatic rings. The van der Waals surface area contributed by atoms with Crippen LogP contribution in [0.2, 0.25) is 0 Å². The van der Waals surface area contributed by atoms with Gasteiger partial charge in [-0.2, -0.15) is 0 Å². The molecule has 4 nitrogen and oxygen atoms in total. The molecule has 0 unspecified atom stereocenters. The molecule has 1 heterocycles. The molecule has 0 atom stereocenters. The SMILES string of the molecule is Cc1cc(Br)cc(N/C=N/O)n1. The Hall–Kier alpha value is -1.10. The van der Waals surface area contributed by atoms with E-state index in [4.69, 9.17) is 5.21 Å². The second-order valence-electron chi connectivity index (χ2n) is 2.20. The Balaban J connectivity index is 2.85. The van der Waals surface area contributed by atoms with Crippen LogP contribution in [0.25, 0.3) is 0 Å². The largest absolute Gasteiger partial charge is 0.410 e. The lowest BCUT2D eigenvalue weighted by Gasteiger charge is -2.00. The highest BCUT2D eigenvalue weighted by atomic mass is 79.9. The van der Waals surface area contributed by atoms with E-state index in [9.17, 15) is 0 Å². The van der Waals surface area contributed by atoms with Crippen molar-refractivity contribution in [3.05, 3.63) is 22.3 Å². The van der Waals surface area contributed by atoms with Gasteiger partial charge in [0.1, 0.15) is 12.2 Å². The lowest BCUT2D eigenvalue weighted by atomic mass is 10.4. The molecule has 0 fully saturated rings. The number of nitrogens with zero attached hydrogens (tertiary/aromatic N) is 2. The van der Waals surface area contributed by atoms with Crippen molar-refractivity contribution in [2.45, 2.75) is 6.92 Å². The van der Waals surface area contributed by atoms with Crippen molar-refractivity contribution in [3.63, 3.8) is 0 Å². The molecule has 2 N–H and O–H groups in total. The first-order valence-electron chi connectivity index (χ1n) is 3.29. The van der Waals surface area contributed by atoms with E-state index in [1.807, 2.05) is 13.0 Å². The van der Waals surface area contributed by atoms with Gasteiger partial charge in [-0.1, -0.05) is 21.1 Å². The number of nitrogens with one attached hydrogen (secondary N) is 1. The third kappa shape index (κ3) is 2.50. The van der Waals surface area contributed by atoms with Gasteiger partial charge in [0.2, 0.25) is 0 Å². The zero-order valence-corrected chi connectivity index (χ0v) is 8.04. The number of hydrogen-bond acceptors (Lipinski definition) is 3. The number of hydrogen-bond donors (Lipinski definition) is 2. The topological polar surface area (TPSA) is 57.5 Å². The summed E-state index contributed by atoms with van der Waals surface area (Å²) in [4.78, 5) is 4.13. The van der Waals surface area contributed by atoms with Gasteiger partial charge in [0.25, 0.3) is 0 Å². The van der Waals surface area contributed by atoms with Crippen molar-refractivity contribution in [2.75, 3.05) is 5.32 Å². The van der Waals surface area contributed by atoms with E-state index in [1.165, 1.54) is 0 Å². The smallest absolute Gasteiger partial charge is 0.133 e. The molecule has 12 heavy (non-hydrogen) atoms. The Kier molecular flexibility index (Phi) is 3.04. The number of rotatable bonds is 2. The van der Waals surface area contributed by atoms with E-state index in [-0.39, 0.29) is 0 Å². The van der Waals surface area contributed by atoms with Crippen LogP contribution in [0.3, 0.4) is 0 Å². The van der Waals surface area contributed by atoms with Crippen LogP contribution in [0.15, 0.2) is 21.8 Å². The maximum atomic E-state index is 8.13. The minimum Gasteiger partial charge on any atom is -0.410 e. The fourth-order valence-electron chi connectivity index (χ4n) is 0.795. The maximum Gasteiger partial charge on any atom is 0.133 e. The summed E-state index contributed by atoms with van der Waals surface area (Å²) >= 11 is 3.32. The normalized spacial score (nSPS) is 10.5. The highest BCUT2D eigenvalue weighted by Crippen LogP contribution is 2.14. The van der Waals surface area contributed by atoms with Gasteiger partial charge in [0.05, 0.1) is 0 Å². The van der Waals surface area contributed by atoms with Gasteiger partial charge in [-0.25, -0.2) is 4.98 Å². The van der Waals surface area contributed by atoms with E-state index in [1.54, 1.807) is 6.07 Å². The van der Waals surface area contributed by atoms with Gasteiger partial charge in [0, 0.05) is 10.2 Å². The highest BCUT2D eigenvalue weighted by Gasteiger charge is 1.95. The van der Waals surface area contributed by atoms with Crippen LogP contribution in [0, 0.1) is 6.92 Å². The summed E-state index contributed by atoms with van der Waals surface area (Å²) in [5.74, 6) is 0.639. The van der Waals surface area contributed by atoms with Crippen molar-refractivity contribution in [3.8, 4) is 0 Å². The Morgan fingerprint density at radius 3 is 3.00 bits per heavy atom. The zero-order valence-electron chi connectivity index (χ0n) is 6.45. The van der Waals surface area contributed by atoms with E-state index in [0.29, 0.717) is 5.82 Å². The first-order valence-corrected chi connectivity index (χ1v) is 4.08. The van der Waals surface area contributed by atoms with Crippen LogP contribution in [0.4, 0.5) is 5.82 Å². The summed E-state index contributed by atoms with van der Waals surface area (Å²) in [5, 5.41) is 13.6. The van der Waals surface area contributed by atoms with Crippen LogP contribution in [0.5, 0.6) is 0 Å². The molecule has 0 aromatic carbocycles. The van der Waals surface area contributed by atoms with Crippen molar-refractivity contribution in [1.82, 2.24) is 4.98 Å². The predicted molar refractivity (Wildman–Crippen MR) is 50.6 cm³/mol. The van der Waals surface area contributed by atoms with Crippen LogP contribution < -0.4 is 5.32 Å². The van der Waals surface area contributed by atoms with Crippen molar-refractivity contribution in [2.24, 2.45) is 5.16 Å². The molecule has 0 spiro atoms. The molecular weight excluding hydrogens is 222 g/mol. The molecule has 1 aromatic rings. The first kappa shape index (κ1) is 8.99. The van der Waals surface area contributed by atoms with E-state index in [0.717, 1.165) is 16.5 Å². The number of anilines is 1. The van der Waals surface area contributed by atoms with Crippen LogP contribution in [-0.4, -0.2) is 16.5 Å². The summed E-state index contributed by atoms with van der Waals surface area (Å²) in [7, 11) is 0. The third-order valence-electron chi connectivity index (χ3n) is 1.19. The van der Waals surface area contributed by atoms with E-state index >= 15 is 0 Å². The molecule has 5 heteroatoms. The lowest BCUT2D eigenvalue weighted by molar-refractivity contribution is 0.321. The molecule has 1 rings (SSSR count). The number of oxime groups is 1. The summed E-state index contributed by atoms with van der Waals surface area (Å²) in [5.41, 5.74) is 0.887. The fraction of sp³-hybridized carbons (Fsp3) is 0.143. The molecule has 0 saturated heterocycles. The summed E-state index contributed by atoms with van der Waals surface area (Å²) in [6.07, 6.45) is 1.16. The number of aromatic nitrogens is 1. The molecule has 1 aromatic heterocycles. The molecule has 0 aliphatic heterocycles. The van der Waals surface area contributed by atoms with Gasteiger partial charge >= 0.3 is 0 Å². The molecule has 64 valence electrons. The number of aryl methyl sites for hydroxylation is 1. The van der Waals surface area contributed by atoms with E-state index in [2.05, 4.69) is 31.4 Å². The predicted octanol–water partition coefficient (Wildman–Crippen LogP) is 1.98. The van der Waals surface area contributed by atoms with Crippen molar-refractivity contribution < 1.29 is 5.21 Å². The quantitative estimate of drug-likeness (QED) is 0.353. The minimum absolute atomic E-state index is 0.639. The second-order valence-corrected chi connectivity index (χ2v) is 3.12. The number of halogens is 1. The molecular formula is C7H8BrN3O. The van der Waals surface area contributed by atoms with Crippen molar-refractivity contribution in [1.29, 1.82) is 0 Å². The fourth-order valence-corrected chi connectivity index (χ4v) is 1.34. The minimum atomic E-state index is 0.639. The van der Waals surface area contributed by atoms with Gasteiger partial charge in [0.15, 0.2) is 0 Å². The van der Waals surface area contributed by atoms with Gasteiger partial charge in [-0.15, -0.1) is 0 Å². The van der Waals surface area contributed by atoms with Crippen LogP contribution in [-0.2, 0) is 0 Å². The van der Waals surface area contributed by atoms with Crippen molar-refractivity contribution >= 4 is 28.1 Å². The molecule has 0 saturated carbocycles. The Labute approximate surface area is 78.4 Å². The summed E-state index contributed by atoms with van der Waals surface area (Å²) < 4.78 is 0.934. The third-order valence-corrected chi connectivity index (χ3v) is 1.65. The average Bonchev–Trinajstić information content (AvgIpc) is 1.99. The van der Waals surface area contributed by atoms with Crippen LogP contribution >= 0.6 is 15.9 Å². The molecule has 0 bridgehead atoms. The Morgan fingerprint density at radius 1 is 1.67 bits per heavy atom. The number of pyridine rings is 1. The molecule has 0 amide bonds. The van der Waals surface area contributed by atoms with E-state index < -0.39 is 0 Å². The zero-order chi connectivity index (χ0) is 8.97. The highest BCUT2D eigenvalue weighted by molar-refractivity contribution is 9.10. The second kappa shape index (κ2) is 4.06. The van der Waals surface area contributed by atoms with Crippen LogP contribution in [0.1, 0.15) is 5.69 Å². The standard InChI is InChI=1S/C7H8BrN3O/c1-5-2-6(8)3-7(11-5)9-4-10-12/h2-4,12H,1H3,(H,9,10,11). The first-order chi connectivity index (χ1) is 5.72. The lowest BCUT2D eigenvalue weighted by Crippen LogP contribution is -1.98. The monoisotopic (exact) mass is 229 g/mol. The summed E-state index contributed by atoms with van der Waals surface area (Å²) in [6, 6.07) is 3.68. The van der Waals surface area contributed by atoms with Gasteiger partial charge in [-0.3, -0.25) is 0 Å². The Morgan fingerprint density at radius 2 is 2.42 bits per heavy atom. The summed E-state index contributed by atoms with van der Waals surface area (Å²) in [6.45, 7) is 1.88. The Bertz CT molecular complexity index is 280. The molecule has 0 aliphatic carbocycles. The van der Waals surface area contributed by atoms with Gasteiger partial charge in [-0.05, 0) is 19.1 Å². The van der Waals surface area contributed by atoms with Gasteiger partial charge < -0.3 is 10.5 Å². The molecule has 0 radical (unpaired) electrons.